The first-order chi connectivity index (χ1) is 8.10. The van der Waals surface area contributed by atoms with Gasteiger partial charge in [-0.25, -0.2) is 4.39 Å². The molecule has 2 unspecified atom stereocenters. The lowest BCUT2D eigenvalue weighted by atomic mass is 9.94. The van der Waals surface area contributed by atoms with E-state index >= 15 is 0 Å². The third-order valence-corrected chi connectivity index (χ3v) is 2.94. The van der Waals surface area contributed by atoms with Crippen molar-refractivity contribution in [1.82, 2.24) is 5.43 Å². The molecule has 2 atom stereocenters. The van der Waals surface area contributed by atoms with Crippen LogP contribution in [0.4, 0.5) is 4.39 Å². The smallest absolute Gasteiger partial charge is 0.126 e. The fourth-order valence-corrected chi connectivity index (χ4v) is 2.07. The van der Waals surface area contributed by atoms with E-state index in [9.17, 15) is 4.39 Å². The molecule has 1 aromatic rings. The molecule has 0 heterocycles. The molecule has 3 N–H and O–H groups in total. The number of hydrogen-bond acceptors (Lipinski definition) is 3. The molecule has 1 aromatic carbocycles. The summed E-state index contributed by atoms with van der Waals surface area (Å²) in [4.78, 5) is 0. The molecule has 0 aliphatic rings. The largest absolute Gasteiger partial charge is 0.380 e. The summed E-state index contributed by atoms with van der Waals surface area (Å²) in [5.74, 6) is 5.64. The van der Waals surface area contributed by atoms with Crippen LogP contribution in [0.1, 0.15) is 19.4 Å². The summed E-state index contributed by atoms with van der Waals surface area (Å²) >= 11 is 0. The van der Waals surface area contributed by atoms with E-state index in [1.165, 1.54) is 6.07 Å². The average molecular weight is 240 g/mol. The van der Waals surface area contributed by atoms with Crippen LogP contribution < -0.4 is 11.3 Å². The fraction of sp³-hybridized carbons (Fsp3) is 0.538. The molecule has 0 aliphatic carbocycles. The molecule has 1 rings (SSSR count). The van der Waals surface area contributed by atoms with Gasteiger partial charge in [-0.3, -0.25) is 11.3 Å². The lowest BCUT2D eigenvalue weighted by molar-refractivity contribution is 0.0330. The number of halogens is 1. The fourth-order valence-electron chi connectivity index (χ4n) is 2.07. The molecule has 96 valence electrons. The molecule has 17 heavy (non-hydrogen) atoms. The highest BCUT2D eigenvalue weighted by Gasteiger charge is 2.24. The van der Waals surface area contributed by atoms with Gasteiger partial charge in [0.05, 0.1) is 12.1 Å². The number of methoxy groups -OCH3 is 1. The van der Waals surface area contributed by atoms with Crippen molar-refractivity contribution >= 4 is 0 Å². The maximum absolute atomic E-state index is 13.5. The van der Waals surface area contributed by atoms with Crippen LogP contribution in [0.2, 0.25) is 0 Å². The summed E-state index contributed by atoms with van der Waals surface area (Å²) in [5.41, 5.74) is 3.37. The molecule has 0 fully saturated rings. The zero-order valence-electron chi connectivity index (χ0n) is 10.6. The average Bonchev–Trinajstić information content (AvgIpc) is 2.30. The molecular formula is C13H21FN2O. The lowest BCUT2D eigenvalue weighted by Gasteiger charge is -2.28. The van der Waals surface area contributed by atoms with E-state index in [0.29, 0.717) is 17.9 Å². The van der Waals surface area contributed by atoms with E-state index < -0.39 is 0 Å². The Morgan fingerprint density at radius 3 is 2.47 bits per heavy atom. The number of ether oxygens (including phenoxy) is 1. The maximum Gasteiger partial charge on any atom is 0.126 e. The number of rotatable bonds is 6. The Morgan fingerprint density at radius 1 is 1.35 bits per heavy atom. The highest BCUT2D eigenvalue weighted by Crippen LogP contribution is 2.16. The van der Waals surface area contributed by atoms with E-state index in [2.05, 4.69) is 19.3 Å². The zero-order valence-corrected chi connectivity index (χ0v) is 10.6. The van der Waals surface area contributed by atoms with Crippen molar-refractivity contribution in [3.63, 3.8) is 0 Å². The first kappa shape index (κ1) is 14.1. The van der Waals surface area contributed by atoms with Crippen LogP contribution in [0.25, 0.3) is 0 Å². The van der Waals surface area contributed by atoms with Gasteiger partial charge in [0.15, 0.2) is 0 Å². The summed E-state index contributed by atoms with van der Waals surface area (Å²) in [5, 5.41) is 0. The minimum absolute atomic E-state index is 0.0420. The van der Waals surface area contributed by atoms with Crippen molar-refractivity contribution < 1.29 is 9.13 Å². The summed E-state index contributed by atoms with van der Waals surface area (Å²) < 4.78 is 19.0. The Bertz CT molecular complexity index is 344. The normalized spacial score (nSPS) is 14.9. The highest BCUT2D eigenvalue weighted by atomic mass is 19.1. The predicted octanol–water partition coefficient (Wildman–Crippen LogP) is 1.87. The van der Waals surface area contributed by atoms with Crippen molar-refractivity contribution in [3.05, 3.63) is 35.6 Å². The maximum atomic E-state index is 13.5. The second-order valence-electron chi connectivity index (χ2n) is 4.51. The molecule has 0 amide bonds. The predicted molar refractivity (Wildman–Crippen MR) is 66.9 cm³/mol. The molecule has 0 spiro atoms. The summed E-state index contributed by atoms with van der Waals surface area (Å²) in [6, 6.07) is 6.63. The van der Waals surface area contributed by atoms with Gasteiger partial charge in [0.2, 0.25) is 0 Å². The van der Waals surface area contributed by atoms with Gasteiger partial charge in [0, 0.05) is 7.11 Å². The van der Waals surface area contributed by atoms with Gasteiger partial charge in [-0.1, -0.05) is 32.0 Å². The standard InChI is InChI=1S/C13H21FN2O/c1-9(2)13(17-3)12(16-15)8-10-6-4-5-7-11(10)14/h4-7,9,12-13,16H,8,15H2,1-3H3. The second kappa shape index (κ2) is 6.69. The molecule has 4 heteroatoms. The first-order valence-corrected chi connectivity index (χ1v) is 5.82. The SMILES string of the molecule is COC(C(C)C)C(Cc1ccccc1F)NN. The van der Waals surface area contributed by atoms with E-state index in [1.54, 1.807) is 19.2 Å². The molecule has 3 nitrogen and oxygen atoms in total. The Balaban J connectivity index is 2.79. The van der Waals surface area contributed by atoms with Crippen LogP contribution >= 0.6 is 0 Å². The number of benzene rings is 1. The zero-order chi connectivity index (χ0) is 12.8. The van der Waals surface area contributed by atoms with Crippen molar-refractivity contribution in [2.45, 2.75) is 32.4 Å². The molecule has 0 aliphatic heterocycles. The second-order valence-corrected chi connectivity index (χ2v) is 4.51. The lowest BCUT2D eigenvalue weighted by Crippen LogP contribution is -2.48. The number of hydrogen-bond donors (Lipinski definition) is 2. The van der Waals surface area contributed by atoms with Gasteiger partial charge in [0.25, 0.3) is 0 Å². The molecule has 0 radical (unpaired) electrons. The van der Waals surface area contributed by atoms with Crippen LogP contribution in [-0.4, -0.2) is 19.3 Å². The summed E-state index contributed by atoms with van der Waals surface area (Å²) in [6.45, 7) is 4.11. The Morgan fingerprint density at radius 2 is 2.00 bits per heavy atom. The minimum Gasteiger partial charge on any atom is -0.380 e. The van der Waals surface area contributed by atoms with Crippen LogP contribution in [0, 0.1) is 11.7 Å². The van der Waals surface area contributed by atoms with Crippen LogP contribution in [0.5, 0.6) is 0 Å². The van der Waals surface area contributed by atoms with Crippen molar-refractivity contribution in [3.8, 4) is 0 Å². The third-order valence-electron chi connectivity index (χ3n) is 2.94. The van der Waals surface area contributed by atoms with Crippen molar-refractivity contribution in [1.29, 1.82) is 0 Å². The minimum atomic E-state index is -0.202. The molecule has 0 aromatic heterocycles. The van der Waals surface area contributed by atoms with Crippen LogP contribution in [-0.2, 0) is 11.2 Å². The molecule has 0 saturated carbocycles. The molecule has 0 saturated heterocycles. The molecule has 0 bridgehead atoms. The van der Waals surface area contributed by atoms with Crippen LogP contribution in [0.15, 0.2) is 24.3 Å². The van der Waals surface area contributed by atoms with E-state index in [4.69, 9.17) is 10.6 Å². The van der Waals surface area contributed by atoms with Gasteiger partial charge in [-0.15, -0.1) is 0 Å². The molecular weight excluding hydrogens is 219 g/mol. The summed E-state index contributed by atoms with van der Waals surface area (Å²) in [6.07, 6.45) is 0.472. The number of hydrazine groups is 1. The van der Waals surface area contributed by atoms with Crippen LogP contribution in [0.3, 0.4) is 0 Å². The Labute approximate surface area is 102 Å². The van der Waals surface area contributed by atoms with E-state index in [0.717, 1.165) is 0 Å². The Kier molecular flexibility index (Phi) is 5.55. The summed E-state index contributed by atoms with van der Waals surface area (Å²) in [7, 11) is 1.65. The highest BCUT2D eigenvalue weighted by molar-refractivity contribution is 5.18. The monoisotopic (exact) mass is 240 g/mol. The topological polar surface area (TPSA) is 47.3 Å². The Hall–Kier alpha value is -0.970. The third kappa shape index (κ3) is 3.77. The number of nitrogens with one attached hydrogen (secondary N) is 1. The first-order valence-electron chi connectivity index (χ1n) is 5.82. The van der Waals surface area contributed by atoms with Gasteiger partial charge in [-0.05, 0) is 24.0 Å². The van der Waals surface area contributed by atoms with Crippen molar-refractivity contribution in [2.24, 2.45) is 11.8 Å². The number of nitrogens with two attached hydrogens (primary N) is 1. The van der Waals surface area contributed by atoms with Gasteiger partial charge < -0.3 is 4.74 Å². The van der Waals surface area contributed by atoms with E-state index in [-0.39, 0.29) is 18.0 Å². The quantitative estimate of drug-likeness (QED) is 0.589. The van der Waals surface area contributed by atoms with Gasteiger partial charge in [-0.2, -0.15) is 0 Å². The van der Waals surface area contributed by atoms with Crippen molar-refractivity contribution in [2.75, 3.05) is 7.11 Å². The van der Waals surface area contributed by atoms with Gasteiger partial charge >= 0.3 is 0 Å². The van der Waals surface area contributed by atoms with Gasteiger partial charge in [0.1, 0.15) is 5.82 Å². The van der Waals surface area contributed by atoms with E-state index in [1.807, 2.05) is 6.07 Å².